The lowest BCUT2D eigenvalue weighted by Gasteiger charge is -2.01. The Morgan fingerprint density at radius 3 is 2.80 bits per heavy atom. The molecular weight excluding hydrogens is 196 g/mol. The Labute approximate surface area is 67.5 Å². The van der Waals surface area contributed by atoms with Crippen LogP contribution in [0.2, 0.25) is 0 Å². The van der Waals surface area contributed by atoms with Gasteiger partial charge in [-0.05, 0) is 22.0 Å². The first-order valence-electron chi connectivity index (χ1n) is 2.93. The molecule has 1 atom stereocenters. The first-order chi connectivity index (χ1) is 4.74. The topological polar surface area (TPSA) is 65.2 Å². The Morgan fingerprint density at radius 2 is 2.40 bits per heavy atom. The molecule has 1 aromatic heterocycles. The molecular formula is C6H9BrN2O. The van der Waals surface area contributed by atoms with Gasteiger partial charge in [0.25, 0.3) is 0 Å². The smallest absolute Gasteiger partial charge is 0.122 e. The second-order valence-corrected chi connectivity index (χ2v) is 2.93. The van der Waals surface area contributed by atoms with E-state index < -0.39 is 0 Å². The van der Waals surface area contributed by atoms with E-state index in [1.165, 1.54) is 0 Å². The monoisotopic (exact) mass is 204 g/mol. The molecule has 0 saturated carbocycles. The van der Waals surface area contributed by atoms with Gasteiger partial charge in [-0.1, -0.05) is 0 Å². The molecule has 10 heavy (non-hydrogen) atoms. The molecule has 0 fully saturated rings. The molecule has 4 N–H and O–H groups in total. The number of hydrogen-bond donors (Lipinski definition) is 2. The van der Waals surface area contributed by atoms with E-state index in [9.17, 15) is 0 Å². The van der Waals surface area contributed by atoms with Crippen LogP contribution in [0.5, 0.6) is 0 Å². The summed E-state index contributed by atoms with van der Waals surface area (Å²) in [4.78, 5) is 0. The zero-order valence-corrected chi connectivity index (χ0v) is 6.97. The molecule has 0 radical (unpaired) electrons. The molecule has 56 valence electrons. The van der Waals surface area contributed by atoms with Gasteiger partial charge in [0.05, 0.1) is 10.5 Å². The first kappa shape index (κ1) is 7.78. The van der Waals surface area contributed by atoms with Gasteiger partial charge in [0.15, 0.2) is 0 Å². The van der Waals surface area contributed by atoms with Gasteiger partial charge in [-0.25, -0.2) is 0 Å². The maximum atomic E-state index is 5.57. The van der Waals surface area contributed by atoms with Crippen LogP contribution >= 0.6 is 15.9 Å². The van der Waals surface area contributed by atoms with Crippen molar-refractivity contribution in [1.82, 2.24) is 0 Å². The summed E-state index contributed by atoms with van der Waals surface area (Å²) in [6, 6.07) is 1.63. The molecule has 0 aromatic carbocycles. The second kappa shape index (κ2) is 3.18. The summed E-state index contributed by atoms with van der Waals surface area (Å²) in [5.41, 5.74) is 10.9. The van der Waals surface area contributed by atoms with Crippen molar-refractivity contribution in [3.05, 3.63) is 22.6 Å². The molecule has 1 rings (SSSR count). The standard InChI is InChI=1S/C6H9BrN2O/c7-4-1-6(10-3-4)5(9)2-8/h1,3,5H,2,8-9H2/t5-/m1/s1. The van der Waals surface area contributed by atoms with Crippen molar-refractivity contribution >= 4 is 15.9 Å². The number of hydrogen-bond acceptors (Lipinski definition) is 3. The summed E-state index contributed by atoms with van der Waals surface area (Å²) < 4.78 is 5.96. The summed E-state index contributed by atoms with van der Waals surface area (Å²) >= 11 is 3.24. The van der Waals surface area contributed by atoms with Gasteiger partial charge in [0, 0.05) is 6.54 Å². The van der Waals surface area contributed by atoms with Crippen LogP contribution in [-0.4, -0.2) is 6.54 Å². The fourth-order valence-electron chi connectivity index (χ4n) is 0.639. The van der Waals surface area contributed by atoms with E-state index in [4.69, 9.17) is 15.9 Å². The van der Waals surface area contributed by atoms with Gasteiger partial charge in [0.2, 0.25) is 0 Å². The van der Waals surface area contributed by atoms with Crippen molar-refractivity contribution < 1.29 is 4.42 Å². The Morgan fingerprint density at radius 1 is 1.70 bits per heavy atom. The van der Waals surface area contributed by atoms with Gasteiger partial charge in [-0.2, -0.15) is 0 Å². The highest BCUT2D eigenvalue weighted by Crippen LogP contribution is 2.17. The van der Waals surface area contributed by atoms with Crippen LogP contribution in [0.4, 0.5) is 0 Å². The van der Waals surface area contributed by atoms with Crippen LogP contribution in [0.25, 0.3) is 0 Å². The molecule has 0 aliphatic carbocycles. The minimum Gasteiger partial charge on any atom is -0.466 e. The molecule has 0 unspecified atom stereocenters. The van der Waals surface area contributed by atoms with Crippen molar-refractivity contribution in [2.75, 3.05) is 6.54 Å². The third kappa shape index (κ3) is 1.59. The van der Waals surface area contributed by atoms with Gasteiger partial charge in [0.1, 0.15) is 12.0 Å². The highest BCUT2D eigenvalue weighted by Gasteiger charge is 2.06. The van der Waals surface area contributed by atoms with E-state index in [1.807, 2.05) is 6.07 Å². The van der Waals surface area contributed by atoms with E-state index in [2.05, 4.69) is 15.9 Å². The molecule has 0 spiro atoms. The van der Waals surface area contributed by atoms with Crippen LogP contribution < -0.4 is 11.5 Å². The van der Waals surface area contributed by atoms with Crippen LogP contribution in [0.1, 0.15) is 11.8 Å². The average molecular weight is 205 g/mol. The Kier molecular flexibility index (Phi) is 2.48. The van der Waals surface area contributed by atoms with Crippen molar-refractivity contribution in [1.29, 1.82) is 0 Å². The molecule has 0 aliphatic heterocycles. The minimum absolute atomic E-state index is 0.189. The fourth-order valence-corrected chi connectivity index (χ4v) is 0.958. The van der Waals surface area contributed by atoms with E-state index in [-0.39, 0.29) is 6.04 Å². The van der Waals surface area contributed by atoms with Crippen molar-refractivity contribution in [3.8, 4) is 0 Å². The largest absolute Gasteiger partial charge is 0.466 e. The lowest BCUT2D eigenvalue weighted by Crippen LogP contribution is -2.19. The van der Waals surface area contributed by atoms with E-state index in [1.54, 1.807) is 6.26 Å². The van der Waals surface area contributed by atoms with Crippen LogP contribution in [0.3, 0.4) is 0 Å². The molecule has 0 bridgehead atoms. The lowest BCUT2D eigenvalue weighted by atomic mass is 10.2. The molecule has 1 aromatic rings. The second-order valence-electron chi connectivity index (χ2n) is 2.01. The van der Waals surface area contributed by atoms with Crippen LogP contribution in [-0.2, 0) is 0 Å². The lowest BCUT2D eigenvalue weighted by molar-refractivity contribution is 0.469. The van der Waals surface area contributed by atoms with Gasteiger partial charge in [-0.15, -0.1) is 0 Å². The molecule has 3 nitrogen and oxygen atoms in total. The summed E-state index contributed by atoms with van der Waals surface area (Å²) in [5.74, 6) is 0.717. The van der Waals surface area contributed by atoms with Crippen LogP contribution in [0, 0.1) is 0 Å². The number of halogens is 1. The maximum absolute atomic E-state index is 5.57. The number of rotatable bonds is 2. The summed E-state index contributed by atoms with van der Waals surface area (Å²) in [7, 11) is 0. The summed E-state index contributed by atoms with van der Waals surface area (Å²) in [6.45, 7) is 0.403. The average Bonchev–Trinajstić information content (AvgIpc) is 2.34. The van der Waals surface area contributed by atoms with E-state index in [0.29, 0.717) is 6.54 Å². The van der Waals surface area contributed by atoms with Crippen molar-refractivity contribution in [3.63, 3.8) is 0 Å². The SMILES string of the molecule is NC[C@@H](N)c1cc(Br)co1. The quantitative estimate of drug-likeness (QED) is 0.756. The third-order valence-electron chi connectivity index (χ3n) is 1.21. The normalized spacial score (nSPS) is 13.5. The highest BCUT2D eigenvalue weighted by atomic mass is 79.9. The highest BCUT2D eigenvalue weighted by molar-refractivity contribution is 9.10. The van der Waals surface area contributed by atoms with Crippen LogP contribution in [0.15, 0.2) is 21.2 Å². The Bertz CT molecular complexity index is 211. The minimum atomic E-state index is -0.189. The van der Waals surface area contributed by atoms with E-state index >= 15 is 0 Å². The predicted octanol–water partition coefficient (Wildman–Crippen LogP) is 1.00. The van der Waals surface area contributed by atoms with E-state index in [0.717, 1.165) is 10.2 Å². The van der Waals surface area contributed by atoms with Gasteiger partial charge < -0.3 is 15.9 Å². The molecule has 0 saturated heterocycles. The molecule has 0 aliphatic rings. The third-order valence-corrected chi connectivity index (χ3v) is 1.62. The first-order valence-corrected chi connectivity index (χ1v) is 3.73. The molecule has 1 heterocycles. The van der Waals surface area contributed by atoms with Gasteiger partial charge in [-0.3, -0.25) is 0 Å². The Hall–Kier alpha value is -0.320. The summed E-state index contributed by atoms with van der Waals surface area (Å²) in [5, 5.41) is 0. The maximum Gasteiger partial charge on any atom is 0.122 e. The fraction of sp³-hybridized carbons (Fsp3) is 0.333. The van der Waals surface area contributed by atoms with Crippen molar-refractivity contribution in [2.24, 2.45) is 11.5 Å². The molecule has 0 amide bonds. The van der Waals surface area contributed by atoms with Gasteiger partial charge >= 0.3 is 0 Å². The predicted molar refractivity (Wildman–Crippen MR) is 42.4 cm³/mol. The Balaban J connectivity index is 2.74. The number of furan rings is 1. The van der Waals surface area contributed by atoms with Crippen molar-refractivity contribution in [2.45, 2.75) is 6.04 Å². The molecule has 4 heteroatoms. The summed E-state index contributed by atoms with van der Waals surface area (Å²) in [6.07, 6.45) is 1.59. The number of nitrogens with two attached hydrogens (primary N) is 2. The zero-order valence-electron chi connectivity index (χ0n) is 5.38. The zero-order chi connectivity index (χ0) is 7.56.